The summed E-state index contributed by atoms with van der Waals surface area (Å²) >= 11 is 0. The third-order valence-corrected chi connectivity index (χ3v) is 6.10. The van der Waals surface area contributed by atoms with E-state index in [9.17, 15) is 13.2 Å². The van der Waals surface area contributed by atoms with Gasteiger partial charge in [0.2, 0.25) is 0 Å². The molecule has 0 bridgehead atoms. The molecule has 1 unspecified atom stereocenters. The maximum Gasteiger partial charge on any atom is 0.335 e. The summed E-state index contributed by atoms with van der Waals surface area (Å²) in [6.07, 6.45) is 1.58. The van der Waals surface area contributed by atoms with Crippen LogP contribution >= 0.6 is 0 Å². The number of carboxylic acids is 1. The first-order valence-corrected chi connectivity index (χ1v) is 9.48. The Bertz CT molecular complexity index is 872. The summed E-state index contributed by atoms with van der Waals surface area (Å²) in [7, 11) is -3.18. The maximum atomic E-state index is 11.8. The molecule has 1 atom stereocenters. The number of aromatic carboxylic acids is 1. The Labute approximate surface area is 141 Å². The van der Waals surface area contributed by atoms with E-state index >= 15 is 0 Å². The summed E-state index contributed by atoms with van der Waals surface area (Å²) < 4.78 is 23.6. The molecule has 2 N–H and O–H groups in total. The topological polar surface area (TPSA) is 83.5 Å². The highest BCUT2D eigenvalue weighted by Crippen LogP contribution is 2.26. The van der Waals surface area contributed by atoms with Gasteiger partial charge in [-0.15, -0.1) is 0 Å². The molecular weight excluding hydrogens is 326 g/mol. The predicted molar refractivity (Wildman–Crippen MR) is 92.4 cm³/mol. The number of carboxylic acid groups (broad SMARTS) is 1. The lowest BCUT2D eigenvalue weighted by Crippen LogP contribution is -2.19. The van der Waals surface area contributed by atoms with Crippen molar-refractivity contribution in [1.82, 2.24) is 0 Å². The zero-order valence-corrected chi connectivity index (χ0v) is 14.1. The average molecular weight is 345 g/mol. The van der Waals surface area contributed by atoms with Crippen LogP contribution in [0.25, 0.3) is 0 Å². The molecule has 1 aliphatic rings. The third kappa shape index (κ3) is 3.28. The Morgan fingerprint density at radius 2 is 1.79 bits per heavy atom. The molecule has 0 aromatic heterocycles. The Morgan fingerprint density at radius 1 is 1.12 bits per heavy atom. The lowest BCUT2D eigenvalue weighted by Gasteiger charge is -2.14. The van der Waals surface area contributed by atoms with Crippen molar-refractivity contribution in [3.05, 3.63) is 59.2 Å². The van der Waals surface area contributed by atoms with Gasteiger partial charge in [0.05, 0.1) is 16.2 Å². The summed E-state index contributed by atoms with van der Waals surface area (Å²) in [6, 6.07) is 12.2. The molecule has 0 saturated carbocycles. The number of fused-ring (bicyclic) bond motifs is 1. The molecule has 1 aliphatic carbocycles. The molecule has 24 heavy (non-hydrogen) atoms. The van der Waals surface area contributed by atoms with E-state index in [2.05, 4.69) is 5.32 Å². The van der Waals surface area contributed by atoms with Crippen molar-refractivity contribution < 1.29 is 18.3 Å². The molecule has 0 amide bonds. The zero-order valence-electron chi connectivity index (χ0n) is 13.3. The summed E-state index contributed by atoms with van der Waals surface area (Å²) in [6.45, 7) is 1.63. The maximum absolute atomic E-state index is 11.8. The largest absolute Gasteiger partial charge is 0.478 e. The van der Waals surface area contributed by atoms with Crippen LogP contribution in [0.3, 0.4) is 0 Å². The second kappa shape index (κ2) is 6.28. The lowest BCUT2D eigenvalue weighted by atomic mass is 10.1. The van der Waals surface area contributed by atoms with Gasteiger partial charge in [-0.2, -0.15) is 0 Å². The van der Waals surface area contributed by atoms with E-state index in [0.29, 0.717) is 10.5 Å². The number of hydrogen-bond donors (Lipinski definition) is 2. The fraction of sp³-hybridized carbons (Fsp3) is 0.278. The monoisotopic (exact) mass is 345 g/mol. The summed E-state index contributed by atoms with van der Waals surface area (Å²) in [4.78, 5) is 11.4. The molecule has 0 saturated heterocycles. The van der Waals surface area contributed by atoms with Crippen LogP contribution in [0.2, 0.25) is 0 Å². The Morgan fingerprint density at radius 3 is 2.42 bits per heavy atom. The summed E-state index contributed by atoms with van der Waals surface area (Å²) in [5, 5.41) is 12.5. The van der Waals surface area contributed by atoms with Crippen LogP contribution in [0.5, 0.6) is 0 Å². The molecule has 3 rings (SSSR count). The smallest absolute Gasteiger partial charge is 0.335 e. The minimum Gasteiger partial charge on any atom is -0.478 e. The number of anilines is 1. The quantitative estimate of drug-likeness (QED) is 0.870. The number of nitrogens with one attached hydrogen (secondary N) is 1. The standard InChI is InChI=1S/C18H19NO4S/c1-2-24(22,23)17-7-5-15(6-8-17)19-16-10-12-3-4-13(18(20)21)9-14(12)11-16/h3-9,16,19H,2,10-11H2,1H3,(H,20,21). The van der Waals surface area contributed by atoms with E-state index in [4.69, 9.17) is 5.11 Å². The molecule has 0 fully saturated rings. The van der Waals surface area contributed by atoms with Gasteiger partial charge in [0.15, 0.2) is 9.84 Å². The van der Waals surface area contributed by atoms with Crippen molar-refractivity contribution in [1.29, 1.82) is 0 Å². The molecule has 126 valence electrons. The molecule has 0 aliphatic heterocycles. The highest BCUT2D eigenvalue weighted by molar-refractivity contribution is 7.91. The fourth-order valence-corrected chi connectivity index (χ4v) is 3.90. The second-order valence-electron chi connectivity index (χ2n) is 5.97. The highest BCUT2D eigenvalue weighted by atomic mass is 32.2. The second-order valence-corrected chi connectivity index (χ2v) is 8.24. The fourth-order valence-electron chi connectivity index (χ4n) is 3.01. The number of benzene rings is 2. The van der Waals surface area contributed by atoms with Crippen LogP contribution in [-0.4, -0.2) is 31.3 Å². The molecule has 6 heteroatoms. The summed E-state index contributed by atoms with van der Waals surface area (Å²) in [5.74, 6) is -0.828. The Kier molecular flexibility index (Phi) is 4.32. The van der Waals surface area contributed by atoms with Gasteiger partial charge in [0.25, 0.3) is 0 Å². The van der Waals surface area contributed by atoms with Crippen molar-refractivity contribution in [3.8, 4) is 0 Å². The van der Waals surface area contributed by atoms with Crippen molar-refractivity contribution >= 4 is 21.5 Å². The first-order valence-electron chi connectivity index (χ1n) is 7.83. The van der Waals surface area contributed by atoms with Crippen LogP contribution < -0.4 is 5.32 Å². The van der Waals surface area contributed by atoms with Crippen molar-refractivity contribution in [2.75, 3.05) is 11.1 Å². The number of sulfone groups is 1. The third-order valence-electron chi connectivity index (χ3n) is 4.35. The van der Waals surface area contributed by atoms with Gasteiger partial charge in [-0.05, 0) is 60.4 Å². The molecule has 0 heterocycles. The van der Waals surface area contributed by atoms with Crippen LogP contribution in [0.4, 0.5) is 5.69 Å². The van der Waals surface area contributed by atoms with Crippen molar-refractivity contribution in [2.24, 2.45) is 0 Å². The van der Waals surface area contributed by atoms with Crippen LogP contribution in [0.15, 0.2) is 47.4 Å². The Hall–Kier alpha value is -2.34. The van der Waals surface area contributed by atoms with Crippen molar-refractivity contribution in [2.45, 2.75) is 30.7 Å². The first kappa shape index (κ1) is 16.5. The van der Waals surface area contributed by atoms with E-state index in [0.717, 1.165) is 29.7 Å². The van der Waals surface area contributed by atoms with Gasteiger partial charge in [-0.25, -0.2) is 13.2 Å². The molecule has 2 aromatic carbocycles. The normalized spacial score (nSPS) is 16.6. The van der Waals surface area contributed by atoms with E-state index in [-0.39, 0.29) is 11.8 Å². The minimum atomic E-state index is -3.18. The molecular formula is C18H19NO4S. The number of hydrogen-bond acceptors (Lipinski definition) is 4. The average Bonchev–Trinajstić information content (AvgIpc) is 2.96. The van der Waals surface area contributed by atoms with Crippen LogP contribution in [0, 0.1) is 0 Å². The molecule has 0 spiro atoms. The van der Waals surface area contributed by atoms with E-state index in [1.54, 1.807) is 43.3 Å². The van der Waals surface area contributed by atoms with Gasteiger partial charge >= 0.3 is 5.97 Å². The van der Waals surface area contributed by atoms with Gasteiger partial charge in [0.1, 0.15) is 0 Å². The molecule has 0 radical (unpaired) electrons. The number of rotatable bonds is 5. The van der Waals surface area contributed by atoms with Gasteiger partial charge in [-0.1, -0.05) is 13.0 Å². The van der Waals surface area contributed by atoms with E-state index in [1.807, 2.05) is 6.07 Å². The van der Waals surface area contributed by atoms with E-state index in [1.165, 1.54) is 0 Å². The predicted octanol–water partition coefficient (Wildman–Crippen LogP) is 2.76. The number of carbonyl (C=O) groups is 1. The van der Waals surface area contributed by atoms with Gasteiger partial charge in [0, 0.05) is 11.7 Å². The van der Waals surface area contributed by atoms with E-state index < -0.39 is 15.8 Å². The first-order chi connectivity index (χ1) is 11.4. The lowest BCUT2D eigenvalue weighted by molar-refractivity contribution is 0.0696. The SMILES string of the molecule is CCS(=O)(=O)c1ccc(NC2Cc3ccc(C(=O)O)cc3C2)cc1. The highest BCUT2D eigenvalue weighted by Gasteiger charge is 2.22. The Balaban J connectivity index is 1.71. The van der Waals surface area contributed by atoms with Gasteiger partial charge in [-0.3, -0.25) is 0 Å². The van der Waals surface area contributed by atoms with Gasteiger partial charge < -0.3 is 10.4 Å². The van der Waals surface area contributed by atoms with Crippen molar-refractivity contribution in [3.63, 3.8) is 0 Å². The molecule has 5 nitrogen and oxygen atoms in total. The van der Waals surface area contributed by atoms with Crippen LogP contribution in [-0.2, 0) is 22.7 Å². The summed E-state index contributed by atoms with van der Waals surface area (Å²) in [5.41, 5.74) is 3.38. The zero-order chi connectivity index (χ0) is 17.3. The minimum absolute atomic E-state index is 0.0869. The van der Waals surface area contributed by atoms with Crippen LogP contribution in [0.1, 0.15) is 28.4 Å². The molecule has 2 aromatic rings.